The van der Waals surface area contributed by atoms with E-state index in [-0.39, 0.29) is 11.2 Å². The molecule has 0 aromatic heterocycles. The Bertz CT molecular complexity index is 456. The van der Waals surface area contributed by atoms with Crippen LogP contribution in [0.1, 0.15) is 27.7 Å². The van der Waals surface area contributed by atoms with E-state index in [0.717, 1.165) is 17.6 Å². The van der Waals surface area contributed by atoms with Crippen molar-refractivity contribution in [1.29, 1.82) is 0 Å². The molecule has 1 fully saturated rings. The molecule has 0 bridgehead atoms. The summed E-state index contributed by atoms with van der Waals surface area (Å²) in [7, 11) is 0. The Morgan fingerprint density at radius 1 is 1.37 bits per heavy atom. The van der Waals surface area contributed by atoms with E-state index in [2.05, 4.69) is 53.8 Å². The van der Waals surface area contributed by atoms with Gasteiger partial charge in [0, 0.05) is 29.6 Å². The van der Waals surface area contributed by atoms with Crippen LogP contribution in [0.4, 0.5) is 10.1 Å². The summed E-state index contributed by atoms with van der Waals surface area (Å²) in [6.07, 6.45) is 0. The second-order valence-electron chi connectivity index (χ2n) is 6.42. The van der Waals surface area contributed by atoms with Gasteiger partial charge in [0.1, 0.15) is 5.82 Å². The maximum atomic E-state index is 14.1. The van der Waals surface area contributed by atoms with Crippen LogP contribution in [0.2, 0.25) is 0 Å². The number of halogens is 2. The van der Waals surface area contributed by atoms with Gasteiger partial charge in [0.25, 0.3) is 0 Å². The van der Waals surface area contributed by atoms with Crippen molar-refractivity contribution in [3.63, 3.8) is 0 Å². The fourth-order valence-electron chi connectivity index (χ4n) is 2.49. The molecule has 1 aromatic rings. The van der Waals surface area contributed by atoms with Crippen molar-refractivity contribution in [2.24, 2.45) is 5.41 Å². The highest BCUT2D eigenvalue weighted by molar-refractivity contribution is 9.10. The smallest absolute Gasteiger partial charge is 0.147 e. The maximum Gasteiger partial charge on any atom is 0.147 e. The lowest BCUT2D eigenvalue weighted by Crippen LogP contribution is -2.59. The molecule has 1 N–H and O–H groups in total. The van der Waals surface area contributed by atoms with Gasteiger partial charge >= 0.3 is 0 Å². The number of benzene rings is 1. The minimum atomic E-state index is -0.157. The minimum absolute atomic E-state index is 0.157. The zero-order valence-corrected chi connectivity index (χ0v) is 13.6. The minimum Gasteiger partial charge on any atom is -0.364 e. The second kappa shape index (κ2) is 5.41. The highest BCUT2D eigenvalue weighted by Crippen LogP contribution is 2.29. The van der Waals surface area contributed by atoms with Crippen LogP contribution in [-0.2, 0) is 0 Å². The lowest BCUT2D eigenvalue weighted by Gasteiger charge is -2.45. The van der Waals surface area contributed by atoms with Gasteiger partial charge in [-0.15, -0.1) is 0 Å². The predicted molar refractivity (Wildman–Crippen MR) is 82.2 cm³/mol. The lowest BCUT2D eigenvalue weighted by molar-refractivity contribution is 0.238. The number of hydrogen-bond acceptors (Lipinski definition) is 2. The molecule has 4 heteroatoms. The summed E-state index contributed by atoms with van der Waals surface area (Å²) in [6, 6.07) is 5.97. The average Bonchev–Trinajstić information content (AvgIpc) is 2.29. The van der Waals surface area contributed by atoms with Gasteiger partial charge in [-0.3, -0.25) is 0 Å². The number of nitrogens with one attached hydrogen (secondary N) is 1. The van der Waals surface area contributed by atoms with Gasteiger partial charge in [-0.25, -0.2) is 4.39 Å². The van der Waals surface area contributed by atoms with Crippen LogP contribution in [0.3, 0.4) is 0 Å². The van der Waals surface area contributed by atoms with Crippen LogP contribution in [0, 0.1) is 11.2 Å². The first-order chi connectivity index (χ1) is 8.79. The molecule has 1 aliphatic heterocycles. The van der Waals surface area contributed by atoms with Crippen molar-refractivity contribution in [1.82, 2.24) is 5.32 Å². The van der Waals surface area contributed by atoms with Crippen LogP contribution in [0.15, 0.2) is 22.7 Å². The van der Waals surface area contributed by atoms with E-state index < -0.39 is 0 Å². The Hall–Kier alpha value is -0.610. The van der Waals surface area contributed by atoms with Gasteiger partial charge in [-0.2, -0.15) is 0 Å². The molecule has 0 radical (unpaired) electrons. The zero-order valence-electron chi connectivity index (χ0n) is 12.0. The van der Waals surface area contributed by atoms with Crippen molar-refractivity contribution in [2.45, 2.75) is 39.8 Å². The van der Waals surface area contributed by atoms with Gasteiger partial charge in [0.05, 0.1) is 5.69 Å². The molecule has 2 rings (SSSR count). The summed E-state index contributed by atoms with van der Waals surface area (Å²) in [5.41, 5.74) is 0.871. The molecule has 19 heavy (non-hydrogen) atoms. The van der Waals surface area contributed by atoms with Crippen molar-refractivity contribution in [3.05, 3.63) is 28.5 Å². The quantitative estimate of drug-likeness (QED) is 0.843. The third-order valence-corrected chi connectivity index (χ3v) is 4.33. The fourth-order valence-corrected chi connectivity index (χ4v) is 2.83. The first kappa shape index (κ1) is 14.8. The van der Waals surface area contributed by atoms with Crippen molar-refractivity contribution < 1.29 is 4.39 Å². The van der Waals surface area contributed by atoms with Crippen molar-refractivity contribution in [2.75, 3.05) is 18.0 Å². The molecule has 0 saturated carbocycles. The molecular formula is C15H22BrFN2. The molecule has 1 heterocycles. The molecule has 0 amide bonds. The standard InChI is InChI=1S/C15H22BrFN2/c1-10-8-18-14(15(2,3)4)9-19(10)13-6-5-11(16)7-12(13)17/h5-7,10,14,18H,8-9H2,1-4H3. The third-order valence-electron chi connectivity index (χ3n) is 3.84. The number of hydrogen-bond donors (Lipinski definition) is 1. The summed E-state index contributed by atoms with van der Waals surface area (Å²) in [4.78, 5) is 2.17. The average molecular weight is 329 g/mol. The van der Waals surface area contributed by atoms with E-state index in [1.807, 2.05) is 12.1 Å². The monoisotopic (exact) mass is 328 g/mol. The van der Waals surface area contributed by atoms with Crippen molar-refractivity contribution >= 4 is 21.6 Å². The number of anilines is 1. The van der Waals surface area contributed by atoms with E-state index in [4.69, 9.17) is 0 Å². The summed E-state index contributed by atoms with van der Waals surface area (Å²) < 4.78 is 14.9. The van der Waals surface area contributed by atoms with Gasteiger partial charge < -0.3 is 10.2 Å². The number of nitrogens with zero attached hydrogens (tertiary/aromatic N) is 1. The van der Waals surface area contributed by atoms with Gasteiger partial charge in [-0.05, 0) is 30.5 Å². The normalized spacial score (nSPS) is 24.6. The Balaban J connectivity index is 2.26. The van der Waals surface area contributed by atoms with E-state index in [9.17, 15) is 4.39 Å². The third kappa shape index (κ3) is 3.29. The Morgan fingerprint density at radius 3 is 2.63 bits per heavy atom. The Labute approximate surface area is 123 Å². The van der Waals surface area contributed by atoms with E-state index in [1.165, 1.54) is 6.07 Å². The lowest BCUT2D eigenvalue weighted by atomic mass is 9.84. The van der Waals surface area contributed by atoms with Crippen molar-refractivity contribution in [3.8, 4) is 0 Å². The molecule has 1 saturated heterocycles. The molecule has 2 atom stereocenters. The molecule has 106 valence electrons. The maximum absolute atomic E-state index is 14.1. The zero-order chi connectivity index (χ0) is 14.2. The Morgan fingerprint density at radius 2 is 2.05 bits per heavy atom. The molecule has 2 unspecified atom stereocenters. The highest BCUT2D eigenvalue weighted by Gasteiger charge is 2.33. The van der Waals surface area contributed by atoms with Crippen LogP contribution in [0.5, 0.6) is 0 Å². The van der Waals surface area contributed by atoms with Gasteiger partial charge in [-0.1, -0.05) is 36.7 Å². The molecule has 0 spiro atoms. The molecule has 1 aliphatic rings. The topological polar surface area (TPSA) is 15.3 Å². The SMILES string of the molecule is CC1CNC(C(C)(C)C)CN1c1ccc(Br)cc1F. The van der Waals surface area contributed by atoms with Gasteiger partial charge in [0.15, 0.2) is 0 Å². The number of rotatable bonds is 1. The number of piperazine rings is 1. The predicted octanol–water partition coefficient (Wildman–Crippen LogP) is 3.80. The summed E-state index contributed by atoms with van der Waals surface area (Å²) in [5, 5.41) is 3.57. The Kier molecular flexibility index (Phi) is 4.21. The van der Waals surface area contributed by atoms with Crippen LogP contribution < -0.4 is 10.2 Å². The first-order valence-corrected chi connectivity index (χ1v) is 7.53. The van der Waals surface area contributed by atoms with Crippen LogP contribution in [0.25, 0.3) is 0 Å². The van der Waals surface area contributed by atoms with Crippen LogP contribution in [-0.4, -0.2) is 25.2 Å². The van der Waals surface area contributed by atoms with Crippen LogP contribution >= 0.6 is 15.9 Å². The fraction of sp³-hybridized carbons (Fsp3) is 0.600. The molecule has 1 aromatic carbocycles. The summed E-state index contributed by atoms with van der Waals surface area (Å²) in [6.45, 7) is 10.5. The highest BCUT2D eigenvalue weighted by atomic mass is 79.9. The first-order valence-electron chi connectivity index (χ1n) is 6.74. The van der Waals surface area contributed by atoms with E-state index in [0.29, 0.717) is 17.8 Å². The van der Waals surface area contributed by atoms with E-state index in [1.54, 1.807) is 0 Å². The summed E-state index contributed by atoms with van der Waals surface area (Å²) in [5.74, 6) is -0.157. The largest absolute Gasteiger partial charge is 0.364 e. The summed E-state index contributed by atoms with van der Waals surface area (Å²) >= 11 is 3.31. The van der Waals surface area contributed by atoms with Gasteiger partial charge in [0.2, 0.25) is 0 Å². The molecule has 2 nitrogen and oxygen atoms in total. The van der Waals surface area contributed by atoms with E-state index >= 15 is 0 Å². The molecule has 0 aliphatic carbocycles. The molecular weight excluding hydrogens is 307 g/mol. The second-order valence-corrected chi connectivity index (χ2v) is 7.34.